The molecular formula is C11H14OS. The Balaban J connectivity index is 1.74. The zero-order chi connectivity index (χ0) is 9.10. The Morgan fingerprint density at radius 1 is 1.23 bits per heavy atom. The Labute approximate surface area is 84.5 Å². The molecule has 2 heteroatoms. The van der Waals surface area contributed by atoms with Crippen LogP contribution in [0, 0.1) is 0 Å². The van der Waals surface area contributed by atoms with Gasteiger partial charge in [-0.2, -0.15) is 12.6 Å². The standard InChI is InChI=1S/C11H14OS/c13-11-6-10(7-11)12-8-9-4-2-1-3-5-9/h1-5,10-11,13H,6-8H2/t10-,11+. The van der Waals surface area contributed by atoms with Crippen molar-refractivity contribution < 1.29 is 4.74 Å². The highest BCUT2D eigenvalue weighted by molar-refractivity contribution is 7.81. The van der Waals surface area contributed by atoms with E-state index in [1.807, 2.05) is 18.2 Å². The highest BCUT2D eigenvalue weighted by atomic mass is 32.1. The van der Waals surface area contributed by atoms with Crippen molar-refractivity contribution in [2.75, 3.05) is 0 Å². The predicted octanol–water partition coefficient (Wildman–Crippen LogP) is 2.66. The predicted molar refractivity (Wildman–Crippen MR) is 57.0 cm³/mol. The fourth-order valence-corrected chi connectivity index (χ4v) is 1.93. The molecule has 13 heavy (non-hydrogen) atoms. The van der Waals surface area contributed by atoms with E-state index in [1.165, 1.54) is 5.56 Å². The van der Waals surface area contributed by atoms with Crippen LogP contribution in [0.2, 0.25) is 0 Å². The normalized spacial score (nSPS) is 26.8. The largest absolute Gasteiger partial charge is 0.373 e. The third kappa shape index (κ3) is 2.48. The average molecular weight is 194 g/mol. The first-order valence-electron chi connectivity index (χ1n) is 4.68. The van der Waals surface area contributed by atoms with Crippen LogP contribution in [0.3, 0.4) is 0 Å². The zero-order valence-electron chi connectivity index (χ0n) is 7.52. The van der Waals surface area contributed by atoms with Gasteiger partial charge in [0.05, 0.1) is 12.7 Å². The summed E-state index contributed by atoms with van der Waals surface area (Å²) in [6.07, 6.45) is 2.66. The van der Waals surface area contributed by atoms with Crippen molar-refractivity contribution in [1.82, 2.24) is 0 Å². The molecule has 1 aromatic carbocycles. The molecule has 1 nitrogen and oxygen atoms in total. The maximum absolute atomic E-state index is 5.69. The second-order valence-corrected chi connectivity index (χ2v) is 4.27. The first kappa shape index (κ1) is 9.10. The molecule has 0 bridgehead atoms. The summed E-state index contributed by atoms with van der Waals surface area (Å²) in [7, 11) is 0. The van der Waals surface area contributed by atoms with Crippen molar-refractivity contribution in [1.29, 1.82) is 0 Å². The maximum Gasteiger partial charge on any atom is 0.0720 e. The average Bonchev–Trinajstić information content (AvgIpc) is 2.12. The molecule has 1 aromatic rings. The molecule has 0 aliphatic heterocycles. The van der Waals surface area contributed by atoms with Gasteiger partial charge in [0.1, 0.15) is 0 Å². The number of thiol groups is 1. The van der Waals surface area contributed by atoms with Gasteiger partial charge in [0.15, 0.2) is 0 Å². The molecule has 2 rings (SSSR count). The van der Waals surface area contributed by atoms with Gasteiger partial charge in [-0.25, -0.2) is 0 Å². The van der Waals surface area contributed by atoms with Crippen molar-refractivity contribution in [2.24, 2.45) is 0 Å². The van der Waals surface area contributed by atoms with Gasteiger partial charge in [-0.15, -0.1) is 0 Å². The summed E-state index contributed by atoms with van der Waals surface area (Å²) in [5, 5.41) is 0.570. The fourth-order valence-electron chi connectivity index (χ4n) is 1.46. The lowest BCUT2D eigenvalue weighted by Crippen LogP contribution is -2.31. The second-order valence-electron chi connectivity index (χ2n) is 3.54. The van der Waals surface area contributed by atoms with Gasteiger partial charge in [0, 0.05) is 5.25 Å². The lowest BCUT2D eigenvalue weighted by atomic mass is 9.95. The van der Waals surface area contributed by atoms with Crippen LogP contribution in [0.4, 0.5) is 0 Å². The van der Waals surface area contributed by atoms with Gasteiger partial charge in [-0.05, 0) is 18.4 Å². The van der Waals surface area contributed by atoms with Crippen LogP contribution in [-0.2, 0) is 11.3 Å². The van der Waals surface area contributed by atoms with Crippen LogP contribution in [0.5, 0.6) is 0 Å². The van der Waals surface area contributed by atoms with E-state index in [9.17, 15) is 0 Å². The van der Waals surface area contributed by atoms with Crippen molar-refractivity contribution in [3.05, 3.63) is 35.9 Å². The molecule has 0 heterocycles. The summed E-state index contributed by atoms with van der Waals surface area (Å²) in [5.41, 5.74) is 1.25. The summed E-state index contributed by atoms with van der Waals surface area (Å²) in [6.45, 7) is 0.742. The van der Waals surface area contributed by atoms with E-state index in [0.717, 1.165) is 19.4 Å². The lowest BCUT2D eigenvalue weighted by Gasteiger charge is -2.31. The molecule has 1 saturated carbocycles. The molecule has 70 valence electrons. The van der Waals surface area contributed by atoms with Crippen LogP contribution in [-0.4, -0.2) is 11.4 Å². The van der Waals surface area contributed by atoms with Gasteiger partial charge in [0.25, 0.3) is 0 Å². The molecule has 0 spiro atoms. The molecule has 0 amide bonds. The van der Waals surface area contributed by atoms with E-state index in [-0.39, 0.29) is 0 Å². The molecule has 0 radical (unpaired) electrons. The topological polar surface area (TPSA) is 9.23 Å². The van der Waals surface area contributed by atoms with Crippen LogP contribution in [0.1, 0.15) is 18.4 Å². The van der Waals surface area contributed by atoms with E-state index < -0.39 is 0 Å². The highest BCUT2D eigenvalue weighted by Gasteiger charge is 2.26. The molecule has 1 aliphatic carbocycles. The van der Waals surface area contributed by atoms with Gasteiger partial charge >= 0.3 is 0 Å². The van der Waals surface area contributed by atoms with Crippen LogP contribution >= 0.6 is 12.6 Å². The second kappa shape index (κ2) is 4.16. The molecule has 1 fully saturated rings. The van der Waals surface area contributed by atoms with Crippen LogP contribution < -0.4 is 0 Å². The van der Waals surface area contributed by atoms with Crippen molar-refractivity contribution in [3.63, 3.8) is 0 Å². The number of hydrogen-bond acceptors (Lipinski definition) is 2. The first-order chi connectivity index (χ1) is 6.34. The molecule has 0 unspecified atom stereocenters. The molecule has 0 aromatic heterocycles. The molecule has 0 N–H and O–H groups in total. The van der Waals surface area contributed by atoms with Crippen molar-refractivity contribution >= 4 is 12.6 Å². The van der Waals surface area contributed by atoms with Gasteiger partial charge in [0.2, 0.25) is 0 Å². The lowest BCUT2D eigenvalue weighted by molar-refractivity contribution is -0.00467. The van der Waals surface area contributed by atoms with Crippen molar-refractivity contribution in [2.45, 2.75) is 30.8 Å². The third-order valence-corrected chi connectivity index (χ3v) is 2.82. The summed E-state index contributed by atoms with van der Waals surface area (Å²) in [6, 6.07) is 10.3. The van der Waals surface area contributed by atoms with Crippen LogP contribution in [0.25, 0.3) is 0 Å². The van der Waals surface area contributed by atoms with Gasteiger partial charge < -0.3 is 4.74 Å². The van der Waals surface area contributed by atoms with Gasteiger partial charge in [-0.3, -0.25) is 0 Å². The van der Waals surface area contributed by atoms with E-state index in [2.05, 4.69) is 24.8 Å². The van der Waals surface area contributed by atoms with Crippen molar-refractivity contribution in [3.8, 4) is 0 Å². The minimum atomic E-state index is 0.447. The summed E-state index contributed by atoms with van der Waals surface area (Å²) in [4.78, 5) is 0. The Morgan fingerprint density at radius 2 is 1.92 bits per heavy atom. The highest BCUT2D eigenvalue weighted by Crippen LogP contribution is 2.28. The maximum atomic E-state index is 5.69. The number of rotatable bonds is 3. The smallest absolute Gasteiger partial charge is 0.0720 e. The SMILES string of the molecule is S[C@H]1C[C@@H](OCc2ccccc2)C1. The number of benzene rings is 1. The summed E-state index contributed by atoms with van der Waals surface area (Å²) >= 11 is 4.34. The fraction of sp³-hybridized carbons (Fsp3) is 0.455. The molecular weight excluding hydrogens is 180 g/mol. The minimum Gasteiger partial charge on any atom is -0.373 e. The number of ether oxygens (including phenoxy) is 1. The van der Waals surface area contributed by atoms with E-state index in [1.54, 1.807) is 0 Å². The summed E-state index contributed by atoms with van der Waals surface area (Å²) < 4.78 is 5.69. The van der Waals surface area contributed by atoms with Crippen LogP contribution in [0.15, 0.2) is 30.3 Å². The third-order valence-electron chi connectivity index (χ3n) is 2.40. The molecule has 1 aliphatic rings. The van der Waals surface area contributed by atoms with E-state index in [4.69, 9.17) is 4.74 Å². The Morgan fingerprint density at radius 3 is 2.54 bits per heavy atom. The molecule has 0 saturated heterocycles. The van der Waals surface area contributed by atoms with E-state index >= 15 is 0 Å². The Bertz CT molecular complexity index is 254. The minimum absolute atomic E-state index is 0.447. The van der Waals surface area contributed by atoms with Gasteiger partial charge in [-0.1, -0.05) is 30.3 Å². The zero-order valence-corrected chi connectivity index (χ0v) is 8.41. The first-order valence-corrected chi connectivity index (χ1v) is 5.20. The molecule has 0 atom stereocenters. The Kier molecular flexibility index (Phi) is 2.91. The summed E-state index contributed by atoms with van der Waals surface area (Å²) in [5.74, 6) is 0. The Hall–Kier alpha value is -0.470. The number of hydrogen-bond donors (Lipinski definition) is 1. The monoisotopic (exact) mass is 194 g/mol. The quantitative estimate of drug-likeness (QED) is 0.728. The van der Waals surface area contributed by atoms with E-state index in [0.29, 0.717) is 11.4 Å².